The van der Waals surface area contributed by atoms with Gasteiger partial charge in [-0.3, -0.25) is 0 Å². The van der Waals surface area contributed by atoms with Crippen molar-refractivity contribution in [2.45, 2.75) is 13.3 Å². The van der Waals surface area contributed by atoms with Crippen LogP contribution in [0.2, 0.25) is 0 Å². The van der Waals surface area contributed by atoms with Gasteiger partial charge in [0.2, 0.25) is 0 Å². The first-order valence-corrected chi connectivity index (χ1v) is 3.51. The number of hydrogen-bond acceptors (Lipinski definition) is 0. The molecule has 0 nitrogen and oxygen atoms in total. The third-order valence-electron chi connectivity index (χ3n) is 1.43. The number of benzene rings is 1. The van der Waals surface area contributed by atoms with Crippen LogP contribution in [0.1, 0.15) is 18.1 Å². The van der Waals surface area contributed by atoms with Gasteiger partial charge in [0.15, 0.2) is 0 Å². The quantitative estimate of drug-likeness (QED) is 0.580. The third kappa shape index (κ3) is 1.87. The van der Waals surface area contributed by atoms with Crippen molar-refractivity contribution in [3.63, 3.8) is 0 Å². The zero-order valence-corrected chi connectivity index (χ0v) is 6.30. The summed E-state index contributed by atoms with van der Waals surface area (Å²) in [4.78, 5) is 0. The Balaban J connectivity index is 2.75. The van der Waals surface area contributed by atoms with Crippen LogP contribution in [0, 0.1) is 13.3 Å². The lowest BCUT2D eigenvalue weighted by Gasteiger charge is -1.97. The SMILES string of the molecule is [CH2]c1cccc(C[CH]C)c1. The van der Waals surface area contributed by atoms with Crippen molar-refractivity contribution in [3.05, 3.63) is 48.7 Å². The predicted octanol–water partition coefficient (Wildman–Crippen LogP) is 2.64. The van der Waals surface area contributed by atoms with Gasteiger partial charge in [-0.2, -0.15) is 0 Å². The topological polar surface area (TPSA) is 0 Å². The second kappa shape index (κ2) is 3.40. The Morgan fingerprint density at radius 1 is 1.50 bits per heavy atom. The molecule has 0 atom stereocenters. The predicted molar refractivity (Wildman–Crippen MR) is 44.6 cm³/mol. The van der Waals surface area contributed by atoms with Crippen LogP contribution in [0.3, 0.4) is 0 Å². The molecule has 0 fully saturated rings. The summed E-state index contributed by atoms with van der Waals surface area (Å²) < 4.78 is 0. The molecular weight excluding hydrogens is 120 g/mol. The Morgan fingerprint density at radius 3 is 2.90 bits per heavy atom. The summed E-state index contributed by atoms with van der Waals surface area (Å²) in [5.74, 6) is 0. The Morgan fingerprint density at radius 2 is 2.30 bits per heavy atom. The van der Waals surface area contributed by atoms with E-state index in [-0.39, 0.29) is 0 Å². The maximum absolute atomic E-state index is 3.85. The smallest absolute Gasteiger partial charge is 0.0238 e. The largest absolute Gasteiger partial charge is 0.0619 e. The molecule has 0 amide bonds. The molecule has 0 aliphatic rings. The molecule has 0 heteroatoms. The molecule has 0 heterocycles. The summed E-state index contributed by atoms with van der Waals surface area (Å²) in [6.45, 7) is 5.91. The van der Waals surface area contributed by atoms with E-state index < -0.39 is 0 Å². The van der Waals surface area contributed by atoms with E-state index in [9.17, 15) is 0 Å². The van der Waals surface area contributed by atoms with E-state index in [0.717, 1.165) is 12.0 Å². The van der Waals surface area contributed by atoms with Crippen molar-refractivity contribution < 1.29 is 0 Å². The van der Waals surface area contributed by atoms with Gasteiger partial charge < -0.3 is 0 Å². The molecule has 0 bridgehead atoms. The average molecular weight is 132 g/mol. The Kier molecular flexibility index (Phi) is 2.49. The highest BCUT2D eigenvalue weighted by Crippen LogP contribution is 2.05. The van der Waals surface area contributed by atoms with Gasteiger partial charge in [-0.15, -0.1) is 0 Å². The molecule has 0 saturated carbocycles. The van der Waals surface area contributed by atoms with E-state index in [2.05, 4.69) is 32.4 Å². The molecule has 0 aromatic heterocycles. The second-order valence-electron chi connectivity index (χ2n) is 2.43. The van der Waals surface area contributed by atoms with Gasteiger partial charge in [-0.1, -0.05) is 31.2 Å². The molecule has 1 aromatic carbocycles. The van der Waals surface area contributed by atoms with Gasteiger partial charge in [-0.05, 0) is 30.9 Å². The molecular formula is C10H12. The third-order valence-corrected chi connectivity index (χ3v) is 1.43. The summed E-state index contributed by atoms with van der Waals surface area (Å²) in [5, 5.41) is 0. The van der Waals surface area contributed by atoms with Gasteiger partial charge >= 0.3 is 0 Å². The number of rotatable bonds is 2. The highest BCUT2D eigenvalue weighted by molar-refractivity contribution is 5.25. The summed E-state index contributed by atoms with van der Waals surface area (Å²) in [6.07, 6.45) is 3.19. The second-order valence-corrected chi connectivity index (χ2v) is 2.43. The number of hydrogen-bond donors (Lipinski definition) is 0. The molecule has 2 radical (unpaired) electrons. The van der Waals surface area contributed by atoms with Gasteiger partial charge in [-0.25, -0.2) is 0 Å². The van der Waals surface area contributed by atoms with Crippen LogP contribution in [-0.4, -0.2) is 0 Å². The minimum absolute atomic E-state index is 1.04. The van der Waals surface area contributed by atoms with Crippen LogP contribution >= 0.6 is 0 Å². The Labute approximate surface area is 62.9 Å². The molecule has 0 aliphatic carbocycles. The molecule has 0 unspecified atom stereocenters. The van der Waals surface area contributed by atoms with Crippen LogP contribution in [0.15, 0.2) is 24.3 Å². The van der Waals surface area contributed by atoms with Gasteiger partial charge in [0.25, 0.3) is 0 Å². The van der Waals surface area contributed by atoms with Gasteiger partial charge in [0.1, 0.15) is 0 Å². The van der Waals surface area contributed by atoms with Crippen LogP contribution in [-0.2, 0) is 6.42 Å². The summed E-state index contributed by atoms with van der Waals surface area (Å²) in [5.41, 5.74) is 2.44. The zero-order chi connectivity index (χ0) is 7.40. The fourth-order valence-electron chi connectivity index (χ4n) is 0.992. The standard InChI is InChI=1S/C10H12/c1-3-5-10-7-4-6-9(2)8-10/h3-4,6-8H,2,5H2,1H3. The lowest BCUT2D eigenvalue weighted by atomic mass is 10.1. The van der Waals surface area contributed by atoms with E-state index in [4.69, 9.17) is 0 Å². The van der Waals surface area contributed by atoms with Crippen molar-refractivity contribution in [3.8, 4) is 0 Å². The molecule has 0 aliphatic heterocycles. The molecule has 0 saturated heterocycles. The normalized spacial score (nSPS) is 9.80. The van der Waals surface area contributed by atoms with Crippen LogP contribution in [0.5, 0.6) is 0 Å². The average Bonchev–Trinajstić information content (AvgIpc) is 1.88. The molecule has 0 spiro atoms. The lowest BCUT2D eigenvalue weighted by Crippen LogP contribution is -1.83. The maximum Gasteiger partial charge on any atom is -0.0238 e. The van der Waals surface area contributed by atoms with Gasteiger partial charge in [0.05, 0.1) is 0 Å². The van der Waals surface area contributed by atoms with Crippen LogP contribution in [0.25, 0.3) is 0 Å². The van der Waals surface area contributed by atoms with Crippen molar-refractivity contribution in [2.24, 2.45) is 0 Å². The maximum atomic E-state index is 3.85. The first-order valence-electron chi connectivity index (χ1n) is 3.51. The lowest BCUT2D eigenvalue weighted by molar-refractivity contribution is 1.14. The van der Waals surface area contributed by atoms with Crippen molar-refractivity contribution in [2.75, 3.05) is 0 Å². The van der Waals surface area contributed by atoms with E-state index in [1.807, 2.05) is 12.1 Å². The first-order chi connectivity index (χ1) is 4.83. The molecule has 0 N–H and O–H groups in total. The van der Waals surface area contributed by atoms with Crippen molar-refractivity contribution in [1.82, 2.24) is 0 Å². The first kappa shape index (κ1) is 7.33. The highest BCUT2D eigenvalue weighted by atomic mass is 13.9. The van der Waals surface area contributed by atoms with E-state index in [1.165, 1.54) is 5.56 Å². The van der Waals surface area contributed by atoms with E-state index in [0.29, 0.717) is 0 Å². The van der Waals surface area contributed by atoms with Crippen LogP contribution in [0.4, 0.5) is 0 Å². The minimum atomic E-state index is 1.04. The molecule has 1 aromatic rings. The monoisotopic (exact) mass is 132 g/mol. The van der Waals surface area contributed by atoms with E-state index in [1.54, 1.807) is 0 Å². The summed E-state index contributed by atoms with van der Waals surface area (Å²) in [6, 6.07) is 8.29. The molecule has 1 rings (SSSR count). The molecule has 10 heavy (non-hydrogen) atoms. The van der Waals surface area contributed by atoms with E-state index >= 15 is 0 Å². The minimum Gasteiger partial charge on any atom is -0.0619 e. The Bertz CT molecular complexity index is 201. The fourth-order valence-corrected chi connectivity index (χ4v) is 0.992. The van der Waals surface area contributed by atoms with Crippen molar-refractivity contribution in [1.29, 1.82) is 0 Å². The van der Waals surface area contributed by atoms with Crippen molar-refractivity contribution >= 4 is 0 Å². The summed E-state index contributed by atoms with van der Waals surface area (Å²) in [7, 11) is 0. The zero-order valence-electron chi connectivity index (χ0n) is 6.30. The fraction of sp³-hybridized carbons (Fsp3) is 0.200. The van der Waals surface area contributed by atoms with Gasteiger partial charge in [0, 0.05) is 0 Å². The Hall–Kier alpha value is -0.780. The van der Waals surface area contributed by atoms with Crippen LogP contribution < -0.4 is 0 Å². The molecule has 52 valence electrons. The highest BCUT2D eigenvalue weighted by Gasteiger charge is 1.89. The summed E-state index contributed by atoms with van der Waals surface area (Å²) >= 11 is 0.